The van der Waals surface area contributed by atoms with Crippen LogP contribution in [0, 0.1) is 0 Å². The van der Waals surface area contributed by atoms with Crippen LogP contribution in [0.5, 0.6) is 5.75 Å². The summed E-state index contributed by atoms with van der Waals surface area (Å²) in [5, 5.41) is 6.60. The molecule has 0 spiro atoms. The van der Waals surface area contributed by atoms with E-state index in [0.717, 1.165) is 30.4 Å². The van der Waals surface area contributed by atoms with E-state index in [4.69, 9.17) is 4.74 Å². The first kappa shape index (κ1) is 21.5. The van der Waals surface area contributed by atoms with Gasteiger partial charge in [-0.15, -0.1) is 24.0 Å². The maximum Gasteiger partial charge on any atom is 0.265 e. The Morgan fingerprint density at radius 2 is 2.04 bits per heavy atom. The number of hydrogen-bond donors (Lipinski definition) is 2. The molecule has 0 fully saturated rings. The van der Waals surface area contributed by atoms with E-state index in [0.29, 0.717) is 13.1 Å². The predicted octanol–water partition coefficient (Wildman–Crippen LogP) is 2.77. The number of nitrogens with one attached hydrogen (secondary N) is 2. The number of nitrogens with zero attached hydrogens (tertiary/aromatic N) is 2. The van der Waals surface area contributed by atoms with Crippen molar-refractivity contribution < 1.29 is 9.53 Å². The summed E-state index contributed by atoms with van der Waals surface area (Å²) in [6.45, 7) is 10.6. The quantitative estimate of drug-likeness (QED) is 0.307. The number of hydrogen-bond acceptors (Lipinski definition) is 3. The van der Waals surface area contributed by atoms with Gasteiger partial charge in [-0.3, -0.25) is 9.79 Å². The molecule has 2 N–H and O–H groups in total. The van der Waals surface area contributed by atoms with Gasteiger partial charge in [0.25, 0.3) is 5.91 Å². The third-order valence-corrected chi connectivity index (χ3v) is 3.46. The molecule has 25 heavy (non-hydrogen) atoms. The summed E-state index contributed by atoms with van der Waals surface area (Å²) in [7, 11) is 0. The highest BCUT2D eigenvalue weighted by Crippen LogP contribution is 2.31. The highest BCUT2D eigenvalue weighted by atomic mass is 127. The molecule has 0 aromatic heterocycles. The Kier molecular flexibility index (Phi) is 8.47. The van der Waals surface area contributed by atoms with Gasteiger partial charge in [-0.05, 0) is 46.2 Å². The predicted molar refractivity (Wildman–Crippen MR) is 113 cm³/mol. The molecule has 1 aromatic rings. The molecule has 140 valence electrons. The van der Waals surface area contributed by atoms with Gasteiger partial charge in [0.2, 0.25) is 0 Å². The van der Waals surface area contributed by atoms with Gasteiger partial charge in [-0.2, -0.15) is 0 Å². The Labute approximate surface area is 167 Å². The van der Waals surface area contributed by atoms with Gasteiger partial charge in [0.15, 0.2) is 12.6 Å². The first-order valence-corrected chi connectivity index (χ1v) is 8.49. The zero-order valence-electron chi connectivity index (χ0n) is 15.5. The van der Waals surface area contributed by atoms with Crippen LogP contribution in [-0.2, 0) is 4.79 Å². The van der Waals surface area contributed by atoms with Crippen molar-refractivity contribution in [2.24, 2.45) is 4.99 Å². The standard InChI is InChI=1S/C18H28N4O2.HI/c1-5-19-17(21-18(2,3)4)20-11-8-12-22-14-9-6-7-10-15(14)24-13-16(22)23;/h6-7,9-10H,5,8,11-13H2,1-4H3,(H2,19,20,21);1H. The number of anilines is 1. The average Bonchev–Trinajstić information content (AvgIpc) is 2.52. The zero-order chi connectivity index (χ0) is 17.6. The molecule has 1 aromatic carbocycles. The van der Waals surface area contributed by atoms with Crippen molar-refractivity contribution in [1.82, 2.24) is 10.6 Å². The summed E-state index contributed by atoms with van der Waals surface area (Å²) >= 11 is 0. The number of para-hydroxylation sites is 2. The molecule has 0 saturated heterocycles. The summed E-state index contributed by atoms with van der Waals surface area (Å²) in [6, 6.07) is 7.64. The van der Waals surface area contributed by atoms with E-state index >= 15 is 0 Å². The SMILES string of the molecule is CCNC(=NCCCN1C(=O)COc2ccccc21)NC(C)(C)C.I. The van der Waals surface area contributed by atoms with E-state index in [1.807, 2.05) is 31.2 Å². The van der Waals surface area contributed by atoms with E-state index in [9.17, 15) is 4.79 Å². The molecule has 1 amide bonds. The Hall–Kier alpha value is -1.51. The molecule has 0 bridgehead atoms. The molecule has 1 heterocycles. The van der Waals surface area contributed by atoms with E-state index in [1.165, 1.54) is 0 Å². The first-order valence-electron chi connectivity index (χ1n) is 8.49. The Bertz CT molecular complexity index is 599. The van der Waals surface area contributed by atoms with Gasteiger partial charge in [-0.25, -0.2) is 0 Å². The van der Waals surface area contributed by atoms with Crippen LogP contribution in [-0.4, -0.2) is 43.6 Å². The van der Waals surface area contributed by atoms with Crippen LogP contribution >= 0.6 is 24.0 Å². The van der Waals surface area contributed by atoms with Crippen LogP contribution in [0.25, 0.3) is 0 Å². The van der Waals surface area contributed by atoms with Crippen LogP contribution in [0.3, 0.4) is 0 Å². The number of amides is 1. The fourth-order valence-electron chi connectivity index (χ4n) is 2.48. The van der Waals surface area contributed by atoms with Gasteiger partial charge in [0, 0.05) is 25.2 Å². The third kappa shape index (κ3) is 6.72. The third-order valence-electron chi connectivity index (χ3n) is 3.46. The molecular formula is C18H29IN4O2. The summed E-state index contributed by atoms with van der Waals surface area (Å²) in [4.78, 5) is 18.5. The molecule has 0 atom stereocenters. The number of carbonyl (C=O) groups is 1. The highest BCUT2D eigenvalue weighted by molar-refractivity contribution is 14.0. The number of benzene rings is 1. The molecule has 6 nitrogen and oxygen atoms in total. The second-order valence-electron chi connectivity index (χ2n) is 6.79. The molecule has 0 radical (unpaired) electrons. The van der Waals surface area contributed by atoms with Crippen molar-refractivity contribution in [2.75, 3.05) is 31.1 Å². The van der Waals surface area contributed by atoms with Crippen molar-refractivity contribution in [2.45, 2.75) is 39.7 Å². The maximum atomic E-state index is 12.1. The normalized spacial score (nSPS) is 14.3. The molecule has 1 aliphatic rings. The number of halogens is 1. The Balaban J connectivity index is 0.00000312. The summed E-state index contributed by atoms with van der Waals surface area (Å²) in [6.07, 6.45) is 0.792. The number of fused-ring (bicyclic) bond motifs is 1. The fraction of sp³-hybridized carbons (Fsp3) is 0.556. The van der Waals surface area contributed by atoms with Gasteiger partial charge < -0.3 is 20.3 Å². The largest absolute Gasteiger partial charge is 0.482 e. The summed E-state index contributed by atoms with van der Waals surface area (Å²) < 4.78 is 5.46. The van der Waals surface area contributed by atoms with Crippen LogP contribution in [0.1, 0.15) is 34.1 Å². The van der Waals surface area contributed by atoms with Gasteiger partial charge >= 0.3 is 0 Å². The molecule has 7 heteroatoms. The molecule has 0 unspecified atom stereocenters. The summed E-state index contributed by atoms with van der Waals surface area (Å²) in [5.41, 5.74) is 0.803. The van der Waals surface area contributed by atoms with Crippen LogP contribution in [0.2, 0.25) is 0 Å². The minimum atomic E-state index is -0.0415. The number of ether oxygens (including phenoxy) is 1. The number of guanidine groups is 1. The van der Waals surface area contributed by atoms with E-state index in [1.54, 1.807) is 4.90 Å². The monoisotopic (exact) mass is 460 g/mol. The Morgan fingerprint density at radius 3 is 2.72 bits per heavy atom. The van der Waals surface area contributed by atoms with Gasteiger partial charge in [0.1, 0.15) is 5.75 Å². The second kappa shape index (κ2) is 9.84. The molecule has 0 saturated carbocycles. The smallest absolute Gasteiger partial charge is 0.265 e. The van der Waals surface area contributed by atoms with E-state index < -0.39 is 0 Å². The van der Waals surface area contributed by atoms with Gasteiger partial charge in [-0.1, -0.05) is 12.1 Å². The highest BCUT2D eigenvalue weighted by Gasteiger charge is 2.24. The molecule has 0 aliphatic carbocycles. The fourth-order valence-corrected chi connectivity index (χ4v) is 2.48. The van der Waals surface area contributed by atoms with Crippen LogP contribution < -0.4 is 20.3 Å². The maximum absolute atomic E-state index is 12.1. The minimum Gasteiger partial charge on any atom is -0.482 e. The lowest BCUT2D eigenvalue weighted by atomic mass is 10.1. The van der Waals surface area contributed by atoms with Crippen molar-refractivity contribution in [3.63, 3.8) is 0 Å². The lowest BCUT2D eigenvalue weighted by Gasteiger charge is -2.29. The average molecular weight is 460 g/mol. The van der Waals surface area contributed by atoms with Crippen molar-refractivity contribution >= 4 is 41.5 Å². The zero-order valence-corrected chi connectivity index (χ0v) is 17.8. The van der Waals surface area contributed by atoms with Crippen molar-refractivity contribution in [3.05, 3.63) is 24.3 Å². The van der Waals surface area contributed by atoms with Crippen LogP contribution in [0.15, 0.2) is 29.3 Å². The van der Waals surface area contributed by atoms with Crippen molar-refractivity contribution in [1.29, 1.82) is 0 Å². The lowest BCUT2D eigenvalue weighted by molar-refractivity contribution is -0.121. The van der Waals surface area contributed by atoms with Crippen molar-refractivity contribution in [3.8, 4) is 5.75 Å². The second-order valence-corrected chi connectivity index (χ2v) is 6.79. The molecular weight excluding hydrogens is 431 g/mol. The Morgan fingerprint density at radius 1 is 1.32 bits per heavy atom. The number of aliphatic imine (C=N–C) groups is 1. The van der Waals surface area contributed by atoms with Gasteiger partial charge in [0.05, 0.1) is 5.69 Å². The number of carbonyl (C=O) groups excluding carboxylic acids is 1. The molecule has 2 rings (SSSR count). The number of rotatable bonds is 5. The van der Waals surface area contributed by atoms with E-state index in [2.05, 4.69) is 36.4 Å². The lowest BCUT2D eigenvalue weighted by Crippen LogP contribution is -2.47. The molecule has 1 aliphatic heterocycles. The first-order chi connectivity index (χ1) is 11.4. The summed E-state index contributed by atoms with van der Waals surface area (Å²) in [5.74, 6) is 1.57. The van der Waals surface area contributed by atoms with Crippen LogP contribution in [0.4, 0.5) is 5.69 Å². The topological polar surface area (TPSA) is 66.0 Å². The van der Waals surface area contributed by atoms with E-state index in [-0.39, 0.29) is 42.0 Å². The minimum absolute atomic E-state index is 0.